The summed E-state index contributed by atoms with van der Waals surface area (Å²) in [5.74, 6) is -0.371. The average molecular weight is 175 g/mol. The van der Waals surface area contributed by atoms with Gasteiger partial charge in [0, 0.05) is 0 Å². The van der Waals surface area contributed by atoms with E-state index in [0.29, 0.717) is 13.2 Å². The van der Waals surface area contributed by atoms with Crippen LogP contribution in [0.4, 0.5) is 0 Å². The van der Waals surface area contributed by atoms with Crippen LogP contribution in [0.1, 0.15) is 0 Å². The number of methoxy groups -OCH3 is 1. The Bertz CT molecular complexity index is 155. The van der Waals surface area contributed by atoms with E-state index in [2.05, 4.69) is 10.1 Å². The standard InChI is InChI=1S/C7H13NO4/c1-8-5(6(9)10-2)7-11-3-4-12-7/h5,7-8H,3-4H2,1-2H3/t5-/m1/s1. The molecule has 0 unspecified atom stereocenters. The molecule has 1 N–H and O–H groups in total. The molecule has 0 aromatic heterocycles. The lowest BCUT2D eigenvalue weighted by molar-refractivity contribution is -0.154. The molecule has 1 aliphatic heterocycles. The predicted octanol–water partition coefficient (Wildman–Crippen LogP) is -0.880. The molecular weight excluding hydrogens is 162 g/mol. The van der Waals surface area contributed by atoms with Gasteiger partial charge in [-0.2, -0.15) is 0 Å². The van der Waals surface area contributed by atoms with Crippen molar-refractivity contribution in [3.63, 3.8) is 0 Å². The van der Waals surface area contributed by atoms with Gasteiger partial charge in [0.25, 0.3) is 0 Å². The van der Waals surface area contributed by atoms with Crippen molar-refractivity contribution in [3.8, 4) is 0 Å². The number of carbonyl (C=O) groups excluding carboxylic acids is 1. The van der Waals surface area contributed by atoms with E-state index in [1.54, 1.807) is 7.05 Å². The summed E-state index contributed by atoms with van der Waals surface area (Å²) in [6.45, 7) is 1.06. The maximum Gasteiger partial charge on any atom is 0.328 e. The lowest BCUT2D eigenvalue weighted by Gasteiger charge is -2.18. The average Bonchev–Trinajstić information content (AvgIpc) is 2.58. The van der Waals surface area contributed by atoms with Crippen LogP contribution in [-0.2, 0) is 19.0 Å². The molecular formula is C7H13NO4. The smallest absolute Gasteiger partial charge is 0.328 e. The van der Waals surface area contributed by atoms with Crippen molar-refractivity contribution in [2.75, 3.05) is 27.4 Å². The van der Waals surface area contributed by atoms with Gasteiger partial charge >= 0.3 is 5.97 Å². The summed E-state index contributed by atoms with van der Waals surface area (Å²) in [6.07, 6.45) is -0.512. The van der Waals surface area contributed by atoms with Gasteiger partial charge < -0.3 is 19.5 Å². The van der Waals surface area contributed by atoms with Crippen molar-refractivity contribution in [2.24, 2.45) is 0 Å². The molecule has 0 spiro atoms. The highest BCUT2D eigenvalue weighted by Crippen LogP contribution is 2.09. The van der Waals surface area contributed by atoms with Gasteiger partial charge in [0.2, 0.25) is 0 Å². The number of nitrogens with one attached hydrogen (secondary N) is 1. The van der Waals surface area contributed by atoms with Crippen LogP contribution in [0.2, 0.25) is 0 Å². The maximum absolute atomic E-state index is 11.1. The molecule has 0 aromatic rings. The van der Waals surface area contributed by atoms with Crippen molar-refractivity contribution in [3.05, 3.63) is 0 Å². The molecule has 5 heteroatoms. The molecule has 0 aromatic carbocycles. The lowest BCUT2D eigenvalue weighted by atomic mass is 10.3. The van der Waals surface area contributed by atoms with Crippen LogP contribution in [0.15, 0.2) is 0 Å². The Kier molecular flexibility index (Phi) is 3.46. The summed E-state index contributed by atoms with van der Waals surface area (Å²) in [4.78, 5) is 11.1. The SMILES string of the molecule is CN[C@H](C(=O)OC)C1OCCO1. The Labute approximate surface area is 71.0 Å². The lowest BCUT2D eigenvalue weighted by Crippen LogP contribution is -2.45. The summed E-state index contributed by atoms with van der Waals surface area (Å²) < 4.78 is 14.8. The normalized spacial score (nSPS) is 20.8. The minimum Gasteiger partial charge on any atom is -0.468 e. The summed E-state index contributed by atoms with van der Waals surface area (Å²) >= 11 is 0. The highest BCUT2D eigenvalue weighted by molar-refractivity contribution is 5.76. The van der Waals surface area contributed by atoms with E-state index in [0.717, 1.165) is 0 Å². The Morgan fingerprint density at radius 2 is 2.17 bits per heavy atom. The van der Waals surface area contributed by atoms with Crippen molar-refractivity contribution < 1.29 is 19.0 Å². The van der Waals surface area contributed by atoms with Crippen LogP contribution in [0.3, 0.4) is 0 Å². The molecule has 0 aliphatic carbocycles. The number of ether oxygens (including phenoxy) is 3. The predicted molar refractivity (Wildman–Crippen MR) is 40.6 cm³/mol. The first kappa shape index (κ1) is 9.44. The van der Waals surface area contributed by atoms with Crippen LogP contribution in [0.25, 0.3) is 0 Å². The van der Waals surface area contributed by atoms with Gasteiger partial charge in [-0.15, -0.1) is 0 Å². The Morgan fingerprint density at radius 1 is 1.58 bits per heavy atom. The van der Waals surface area contributed by atoms with Crippen LogP contribution in [0, 0.1) is 0 Å². The highest BCUT2D eigenvalue weighted by Gasteiger charge is 2.32. The van der Waals surface area contributed by atoms with Crippen molar-refractivity contribution in [2.45, 2.75) is 12.3 Å². The van der Waals surface area contributed by atoms with E-state index in [-0.39, 0.29) is 5.97 Å². The summed E-state index contributed by atoms with van der Waals surface area (Å²) in [7, 11) is 2.99. The second kappa shape index (κ2) is 4.39. The number of carbonyl (C=O) groups is 1. The monoisotopic (exact) mass is 175 g/mol. The number of likely N-dealkylation sites (N-methyl/N-ethyl adjacent to an activating group) is 1. The van der Waals surface area contributed by atoms with Gasteiger partial charge in [0.1, 0.15) is 0 Å². The third-order valence-corrected chi connectivity index (χ3v) is 1.69. The number of hydrogen-bond donors (Lipinski definition) is 1. The highest BCUT2D eigenvalue weighted by atomic mass is 16.7. The number of rotatable bonds is 3. The molecule has 5 nitrogen and oxygen atoms in total. The molecule has 0 amide bonds. The third kappa shape index (κ3) is 1.94. The molecule has 0 bridgehead atoms. The Balaban J connectivity index is 2.48. The van der Waals surface area contributed by atoms with Crippen LogP contribution in [-0.4, -0.2) is 45.7 Å². The molecule has 12 heavy (non-hydrogen) atoms. The van der Waals surface area contributed by atoms with Gasteiger partial charge in [0.05, 0.1) is 20.3 Å². The first-order chi connectivity index (χ1) is 5.79. The van der Waals surface area contributed by atoms with Gasteiger partial charge in [-0.1, -0.05) is 0 Å². The molecule has 1 heterocycles. The minimum atomic E-state index is -0.530. The van der Waals surface area contributed by atoms with Crippen molar-refractivity contribution in [1.29, 1.82) is 0 Å². The number of hydrogen-bond acceptors (Lipinski definition) is 5. The van der Waals surface area contributed by atoms with E-state index in [4.69, 9.17) is 9.47 Å². The topological polar surface area (TPSA) is 56.8 Å². The zero-order valence-electron chi connectivity index (χ0n) is 7.20. The fourth-order valence-electron chi connectivity index (χ4n) is 1.06. The van der Waals surface area contributed by atoms with Crippen molar-refractivity contribution in [1.82, 2.24) is 5.32 Å². The molecule has 0 radical (unpaired) electrons. The maximum atomic E-state index is 11.1. The molecule has 70 valence electrons. The second-order valence-electron chi connectivity index (χ2n) is 2.40. The number of esters is 1. The van der Waals surface area contributed by atoms with Crippen LogP contribution in [0.5, 0.6) is 0 Å². The largest absolute Gasteiger partial charge is 0.468 e. The quantitative estimate of drug-likeness (QED) is 0.564. The van der Waals surface area contributed by atoms with E-state index in [9.17, 15) is 4.79 Å². The van der Waals surface area contributed by atoms with Gasteiger partial charge in [-0.25, -0.2) is 0 Å². The van der Waals surface area contributed by atoms with E-state index >= 15 is 0 Å². The third-order valence-electron chi connectivity index (χ3n) is 1.69. The van der Waals surface area contributed by atoms with Crippen LogP contribution >= 0.6 is 0 Å². The first-order valence-electron chi connectivity index (χ1n) is 3.78. The van der Waals surface area contributed by atoms with Gasteiger partial charge in [0.15, 0.2) is 12.3 Å². The molecule has 1 aliphatic rings. The first-order valence-corrected chi connectivity index (χ1v) is 3.78. The van der Waals surface area contributed by atoms with E-state index < -0.39 is 12.3 Å². The summed E-state index contributed by atoms with van der Waals surface area (Å²) in [5.41, 5.74) is 0. The fraction of sp³-hybridized carbons (Fsp3) is 0.857. The molecule has 1 saturated heterocycles. The Hall–Kier alpha value is -0.650. The summed E-state index contributed by atoms with van der Waals surface area (Å²) in [5, 5.41) is 2.77. The summed E-state index contributed by atoms with van der Waals surface area (Å²) in [6, 6.07) is -0.530. The van der Waals surface area contributed by atoms with E-state index in [1.807, 2.05) is 0 Å². The van der Waals surface area contributed by atoms with Gasteiger partial charge in [-0.3, -0.25) is 4.79 Å². The Morgan fingerprint density at radius 3 is 2.58 bits per heavy atom. The zero-order valence-corrected chi connectivity index (χ0v) is 7.20. The van der Waals surface area contributed by atoms with Gasteiger partial charge in [-0.05, 0) is 7.05 Å². The molecule has 0 saturated carbocycles. The van der Waals surface area contributed by atoms with E-state index in [1.165, 1.54) is 7.11 Å². The molecule has 1 atom stereocenters. The molecule has 1 rings (SSSR count). The second-order valence-corrected chi connectivity index (χ2v) is 2.40. The zero-order chi connectivity index (χ0) is 8.97. The minimum absolute atomic E-state index is 0.371. The van der Waals surface area contributed by atoms with Crippen LogP contribution < -0.4 is 5.32 Å². The fourth-order valence-corrected chi connectivity index (χ4v) is 1.06. The van der Waals surface area contributed by atoms with Crippen molar-refractivity contribution >= 4 is 5.97 Å². The molecule has 1 fully saturated rings.